The molecular weight excluding hydrogens is 731 g/mol. The largest absolute Gasteiger partial charge is 0.456 e. The van der Waals surface area contributed by atoms with Crippen LogP contribution in [0.2, 0.25) is 0 Å². The zero-order chi connectivity index (χ0) is 39.3. The number of para-hydroxylation sites is 2. The van der Waals surface area contributed by atoms with Gasteiger partial charge in [0.15, 0.2) is 0 Å². The second-order valence-electron chi connectivity index (χ2n) is 16.0. The van der Waals surface area contributed by atoms with Crippen LogP contribution in [0.5, 0.6) is 0 Å². The second kappa shape index (κ2) is 12.8. The number of fused-ring (bicyclic) bond motifs is 12. The smallest absolute Gasteiger partial charge is 0.136 e. The topological polar surface area (TPSA) is 29.5 Å². The van der Waals surface area contributed by atoms with Gasteiger partial charge >= 0.3 is 0 Å². The monoisotopic (exact) mass is 765 g/mol. The lowest BCUT2D eigenvalue weighted by Crippen LogP contribution is -2.11. The molecule has 2 bridgehead atoms. The van der Waals surface area contributed by atoms with Gasteiger partial charge in [-0.1, -0.05) is 133 Å². The van der Waals surface area contributed by atoms with Gasteiger partial charge in [-0.05, 0) is 134 Å². The summed E-state index contributed by atoms with van der Waals surface area (Å²) in [6, 6.07) is 72.5. The Hall–Kier alpha value is -7.88. The predicted molar refractivity (Wildman–Crippen MR) is 250 cm³/mol. The number of nitrogens with zero attached hydrogens (tertiary/aromatic N) is 1. The minimum absolute atomic E-state index is 0.884. The number of hydrogen-bond acceptors (Lipinski definition) is 3. The molecule has 0 atom stereocenters. The lowest BCUT2D eigenvalue weighted by Gasteiger charge is -2.29. The number of benzene rings is 10. The van der Waals surface area contributed by atoms with Gasteiger partial charge in [-0.25, -0.2) is 0 Å². The van der Waals surface area contributed by atoms with Crippen molar-refractivity contribution in [2.75, 3.05) is 4.90 Å². The zero-order valence-electron chi connectivity index (χ0n) is 32.5. The third-order valence-electron chi connectivity index (χ3n) is 12.7. The van der Waals surface area contributed by atoms with Crippen LogP contribution in [0.4, 0.5) is 17.1 Å². The third kappa shape index (κ3) is 4.96. The third-order valence-corrected chi connectivity index (χ3v) is 12.7. The summed E-state index contributed by atoms with van der Waals surface area (Å²) in [4.78, 5) is 2.44. The minimum Gasteiger partial charge on any atom is -0.456 e. The van der Waals surface area contributed by atoms with E-state index in [-0.39, 0.29) is 0 Å². The molecule has 60 heavy (non-hydrogen) atoms. The van der Waals surface area contributed by atoms with Crippen molar-refractivity contribution in [3.8, 4) is 33.4 Å². The Bertz CT molecular complexity index is 3680. The fourth-order valence-electron chi connectivity index (χ4n) is 9.92. The molecule has 3 heteroatoms. The molecule has 2 aromatic heterocycles. The van der Waals surface area contributed by atoms with E-state index in [1.807, 2.05) is 24.3 Å². The Morgan fingerprint density at radius 2 is 0.917 bits per heavy atom. The highest BCUT2D eigenvalue weighted by molar-refractivity contribution is 6.18. The predicted octanol–water partition coefficient (Wildman–Crippen LogP) is 16.2. The fraction of sp³-hybridized carbons (Fsp3) is 0.0175. The van der Waals surface area contributed by atoms with E-state index in [0.29, 0.717) is 0 Å². The van der Waals surface area contributed by atoms with Crippen LogP contribution in [0.3, 0.4) is 0 Å². The van der Waals surface area contributed by atoms with Crippen molar-refractivity contribution in [2.24, 2.45) is 0 Å². The van der Waals surface area contributed by atoms with Crippen molar-refractivity contribution in [1.29, 1.82) is 0 Å². The molecule has 1 aliphatic carbocycles. The average Bonchev–Trinajstić information content (AvgIpc) is 3.83. The molecule has 0 radical (unpaired) electrons. The standard InChI is InChI=1S/C57H35NO2/c1-2-12-44-38(10-1)32-39-34-50-46(45-13-4-3-11-42(39)45)29-30-51(56(44)50)58(40-25-20-35(21-26-40)37-24-31-54-49(33-37)47-14-5-7-17-52(47)59-54)41-27-22-36(23-28-41)43-16-9-19-55-57(43)48-15-6-8-18-53(48)60-55/h1-31,33-34H,32H2. The molecular formula is C57H35NO2. The Balaban J connectivity index is 1.01. The van der Waals surface area contributed by atoms with E-state index in [1.165, 1.54) is 43.8 Å². The van der Waals surface area contributed by atoms with Crippen molar-refractivity contribution in [1.82, 2.24) is 0 Å². The van der Waals surface area contributed by atoms with Crippen LogP contribution < -0.4 is 4.90 Å². The summed E-state index contributed by atoms with van der Waals surface area (Å²) in [5.74, 6) is 0. The van der Waals surface area contributed by atoms with E-state index in [1.54, 1.807) is 0 Å². The summed E-state index contributed by atoms with van der Waals surface area (Å²) in [5.41, 5.74) is 16.8. The van der Waals surface area contributed by atoms with Gasteiger partial charge in [-0.2, -0.15) is 0 Å². The van der Waals surface area contributed by atoms with Gasteiger partial charge in [0, 0.05) is 38.5 Å². The van der Waals surface area contributed by atoms with E-state index < -0.39 is 0 Å². The summed E-state index contributed by atoms with van der Waals surface area (Å²) in [6.45, 7) is 0. The maximum absolute atomic E-state index is 6.29. The molecule has 0 saturated carbocycles. The number of hydrogen-bond donors (Lipinski definition) is 0. The molecule has 2 heterocycles. The average molecular weight is 766 g/mol. The Kier molecular flexibility index (Phi) is 7.07. The minimum atomic E-state index is 0.884. The molecule has 0 unspecified atom stereocenters. The number of furan rings is 2. The highest BCUT2D eigenvalue weighted by Gasteiger charge is 2.25. The molecule has 3 nitrogen and oxygen atoms in total. The molecule has 12 aromatic rings. The van der Waals surface area contributed by atoms with Gasteiger partial charge in [-0.3, -0.25) is 0 Å². The van der Waals surface area contributed by atoms with Crippen LogP contribution in [-0.4, -0.2) is 0 Å². The van der Waals surface area contributed by atoms with Crippen LogP contribution in [0.1, 0.15) is 11.1 Å². The van der Waals surface area contributed by atoms with Crippen LogP contribution in [0, 0.1) is 0 Å². The fourth-order valence-corrected chi connectivity index (χ4v) is 9.92. The summed E-state index contributed by atoms with van der Waals surface area (Å²) < 4.78 is 12.5. The van der Waals surface area contributed by atoms with Gasteiger partial charge in [0.2, 0.25) is 0 Å². The summed E-state index contributed by atoms with van der Waals surface area (Å²) in [7, 11) is 0. The Morgan fingerprint density at radius 3 is 1.73 bits per heavy atom. The molecule has 0 aliphatic heterocycles. The van der Waals surface area contributed by atoms with Crippen LogP contribution in [-0.2, 0) is 6.42 Å². The van der Waals surface area contributed by atoms with E-state index in [9.17, 15) is 0 Å². The summed E-state index contributed by atoms with van der Waals surface area (Å²) in [5, 5.41) is 9.72. The molecule has 0 saturated heterocycles. The van der Waals surface area contributed by atoms with Crippen LogP contribution in [0.25, 0.3) is 98.8 Å². The maximum atomic E-state index is 6.29. The van der Waals surface area contributed by atoms with Gasteiger partial charge < -0.3 is 13.7 Å². The van der Waals surface area contributed by atoms with Gasteiger partial charge in [0.1, 0.15) is 22.3 Å². The highest BCUT2D eigenvalue weighted by Crippen LogP contribution is 2.49. The number of rotatable bonds is 5. The lowest BCUT2D eigenvalue weighted by molar-refractivity contribution is 0.668. The first kappa shape index (κ1) is 33.1. The molecule has 0 N–H and O–H groups in total. The van der Waals surface area contributed by atoms with Gasteiger partial charge in [0.05, 0.1) is 5.69 Å². The first-order valence-electron chi connectivity index (χ1n) is 20.6. The maximum Gasteiger partial charge on any atom is 0.136 e. The number of anilines is 3. The Morgan fingerprint density at radius 1 is 0.333 bits per heavy atom. The van der Waals surface area contributed by atoms with E-state index in [0.717, 1.165) is 89.6 Å². The molecule has 13 rings (SSSR count). The SMILES string of the molecule is c1ccc2c(c1)Cc1cc3c-2c(N(c2ccc(-c4ccc5oc6ccccc6c5c4)cc2)c2ccc(-c4cccc5oc6ccccc6c45)cc2)ccc3c2ccccc12. The molecule has 0 amide bonds. The summed E-state index contributed by atoms with van der Waals surface area (Å²) >= 11 is 0. The first-order valence-corrected chi connectivity index (χ1v) is 20.6. The van der Waals surface area contributed by atoms with Crippen LogP contribution >= 0.6 is 0 Å². The van der Waals surface area contributed by atoms with Crippen LogP contribution in [0.15, 0.2) is 209 Å². The zero-order valence-corrected chi connectivity index (χ0v) is 32.5. The normalized spacial score (nSPS) is 12.3. The highest BCUT2D eigenvalue weighted by atomic mass is 16.3. The van der Waals surface area contributed by atoms with Gasteiger partial charge in [0.25, 0.3) is 0 Å². The molecule has 1 aliphatic rings. The van der Waals surface area contributed by atoms with E-state index in [4.69, 9.17) is 8.83 Å². The molecule has 10 aromatic carbocycles. The van der Waals surface area contributed by atoms with Crippen molar-refractivity contribution in [3.63, 3.8) is 0 Å². The van der Waals surface area contributed by atoms with Crippen molar-refractivity contribution in [2.45, 2.75) is 6.42 Å². The van der Waals surface area contributed by atoms with Crippen molar-refractivity contribution in [3.05, 3.63) is 211 Å². The molecule has 0 spiro atoms. The Labute approximate surface area is 346 Å². The quantitative estimate of drug-likeness (QED) is 0.163. The van der Waals surface area contributed by atoms with E-state index >= 15 is 0 Å². The second-order valence-corrected chi connectivity index (χ2v) is 16.0. The van der Waals surface area contributed by atoms with Gasteiger partial charge in [-0.15, -0.1) is 0 Å². The van der Waals surface area contributed by atoms with Crippen molar-refractivity contribution >= 4 is 82.5 Å². The first-order chi connectivity index (χ1) is 29.7. The summed E-state index contributed by atoms with van der Waals surface area (Å²) in [6.07, 6.45) is 0.884. The molecule has 0 fully saturated rings. The molecule has 280 valence electrons. The van der Waals surface area contributed by atoms with Crippen molar-refractivity contribution < 1.29 is 8.83 Å². The lowest BCUT2D eigenvalue weighted by atomic mass is 9.92. The van der Waals surface area contributed by atoms with E-state index in [2.05, 4.69) is 181 Å².